The summed E-state index contributed by atoms with van der Waals surface area (Å²) in [5.41, 5.74) is 8.22. The Kier molecular flexibility index (Phi) is 4.86. The first kappa shape index (κ1) is 21.4. The van der Waals surface area contributed by atoms with Gasteiger partial charge in [-0.15, -0.1) is 0 Å². The van der Waals surface area contributed by atoms with E-state index in [0.29, 0.717) is 17.5 Å². The molecule has 4 aromatic carbocycles. The molecule has 0 amide bonds. The molecule has 6 aromatic rings. The summed E-state index contributed by atoms with van der Waals surface area (Å²) in [5.74, 6) is 2.98. The van der Waals surface area contributed by atoms with Crippen molar-refractivity contribution >= 4 is 22.4 Å². The van der Waals surface area contributed by atoms with Crippen molar-refractivity contribution in [3.05, 3.63) is 103 Å². The molecular formula is C31H24N6. The summed E-state index contributed by atoms with van der Waals surface area (Å²) in [7, 11) is 2.11. The third-order valence-corrected chi connectivity index (χ3v) is 6.94. The van der Waals surface area contributed by atoms with Crippen molar-refractivity contribution < 1.29 is 0 Å². The number of benzene rings is 4. The quantitative estimate of drug-likeness (QED) is 0.276. The predicted molar refractivity (Wildman–Crippen MR) is 148 cm³/mol. The molecule has 0 bridgehead atoms. The number of hydrogen-bond donors (Lipinski definition) is 0. The fourth-order valence-electron chi connectivity index (χ4n) is 5.20. The maximum atomic E-state index is 5.01. The number of rotatable bonds is 4. The molecule has 6 heteroatoms. The van der Waals surface area contributed by atoms with Gasteiger partial charge in [0.05, 0.1) is 28.1 Å². The van der Waals surface area contributed by atoms with Gasteiger partial charge in [-0.2, -0.15) is 0 Å². The number of anilines is 2. The minimum atomic E-state index is 0.640. The molecule has 0 aliphatic carbocycles. The van der Waals surface area contributed by atoms with E-state index < -0.39 is 0 Å². The molecule has 3 heterocycles. The predicted octanol–water partition coefficient (Wildman–Crippen LogP) is 6.86. The summed E-state index contributed by atoms with van der Waals surface area (Å²) < 4.78 is 2.29. The van der Waals surface area contributed by atoms with Gasteiger partial charge < -0.3 is 4.90 Å². The zero-order valence-corrected chi connectivity index (χ0v) is 20.6. The van der Waals surface area contributed by atoms with Gasteiger partial charge in [-0.05, 0) is 24.3 Å². The van der Waals surface area contributed by atoms with Crippen LogP contribution in [0, 0.1) is 0 Å². The number of aromatic nitrogens is 5. The van der Waals surface area contributed by atoms with Gasteiger partial charge in [-0.25, -0.2) is 19.9 Å². The second-order valence-corrected chi connectivity index (χ2v) is 9.13. The van der Waals surface area contributed by atoms with E-state index in [1.807, 2.05) is 60.7 Å². The maximum absolute atomic E-state index is 5.01. The van der Waals surface area contributed by atoms with E-state index >= 15 is 0 Å². The normalized spacial score (nSPS) is 12.1. The molecule has 6 nitrogen and oxygen atoms in total. The Hall–Kier alpha value is -4.84. The lowest BCUT2D eigenvalue weighted by molar-refractivity contribution is 0.897. The van der Waals surface area contributed by atoms with Crippen molar-refractivity contribution in [1.82, 2.24) is 24.5 Å². The summed E-state index contributed by atoms with van der Waals surface area (Å²) in [5, 5.41) is 0. The first-order valence-corrected chi connectivity index (χ1v) is 12.5. The minimum Gasteiger partial charge on any atom is -0.341 e. The molecule has 37 heavy (non-hydrogen) atoms. The maximum Gasteiger partial charge on any atom is 0.166 e. The summed E-state index contributed by atoms with van der Waals surface area (Å²) >= 11 is 0. The third-order valence-electron chi connectivity index (χ3n) is 6.94. The van der Waals surface area contributed by atoms with E-state index in [1.165, 1.54) is 0 Å². The molecule has 0 saturated heterocycles. The highest BCUT2D eigenvalue weighted by molar-refractivity contribution is 6.04. The van der Waals surface area contributed by atoms with Gasteiger partial charge >= 0.3 is 0 Å². The van der Waals surface area contributed by atoms with Crippen LogP contribution in [0.5, 0.6) is 0 Å². The first-order chi connectivity index (χ1) is 18.2. The van der Waals surface area contributed by atoms with Crippen LogP contribution in [0.25, 0.3) is 50.9 Å². The fourth-order valence-corrected chi connectivity index (χ4v) is 5.20. The molecule has 1 aliphatic heterocycles. The number of para-hydroxylation sites is 2. The Balaban J connectivity index is 1.54. The van der Waals surface area contributed by atoms with Crippen molar-refractivity contribution in [3.8, 4) is 39.9 Å². The Bertz CT molecular complexity index is 1720. The molecule has 0 atom stereocenters. The number of nitrogens with zero attached hydrogens (tertiary/aromatic N) is 6. The van der Waals surface area contributed by atoms with E-state index in [0.717, 1.165) is 57.0 Å². The zero-order valence-electron chi connectivity index (χ0n) is 20.6. The molecule has 0 fully saturated rings. The zero-order chi connectivity index (χ0) is 24.9. The Morgan fingerprint density at radius 2 is 1.16 bits per heavy atom. The molecule has 0 spiro atoms. The Labute approximate surface area is 214 Å². The number of imidazole rings is 1. The highest BCUT2D eigenvalue weighted by Crippen LogP contribution is 2.46. The second kappa shape index (κ2) is 8.38. The van der Waals surface area contributed by atoms with Crippen LogP contribution in [0.3, 0.4) is 0 Å². The van der Waals surface area contributed by atoms with Gasteiger partial charge in [-0.1, -0.05) is 79.7 Å². The van der Waals surface area contributed by atoms with Crippen molar-refractivity contribution in [3.63, 3.8) is 0 Å². The third kappa shape index (κ3) is 3.33. The summed E-state index contributed by atoms with van der Waals surface area (Å²) in [6, 6.07) is 32.8. The lowest BCUT2D eigenvalue weighted by Gasteiger charge is -2.31. The smallest absolute Gasteiger partial charge is 0.166 e. The molecule has 0 unspecified atom stereocenters. The van der Waals surface area contributed by atoms with E-state index in [9.17, 15) is 0 Å². The van der Waals surface area contributed by atoms with Crippen LogP contribution >= 0.6 is 0 Å². The van der Waals surface area contributed by atoms with Gasteiger partial charge in [0, 0.05) is 30.2 Å². The van der Waals surface area contributed by atoms with Gasteiger partial charge in [-0.3, -0.25) is 4.57 Å². The molecule has 0 saturated carbocycles. The molecular weight excluding hydrogens is 456 g/mol. The topological polar surface area (TPSA) is 59.7 Å². The van der Waals surface area contributed by atoms with Crippen molar-refractivity contribution in [2.75, 3.05) is 11.9 Å². The Morgan fingerprint density at radius 1 is 0.595 bits per heavy atom. The lowest BCUT2D eigenvalue weighted by atomic mass is 10.0. The molecule has 2 aromatic heterocycles. The molecule has 7 rings (SSSR count). The molecule has 0 radical (unpaired) electrons. The van der Waals surface area contributed by atoms with Crippen LogP contribution in [-0.4, -0.2) is 31.6 Å². The number of aryl methyl sites for hydroxylation is 1. The highest BCUT2D eigenvalue weighted by atomic mass is 15.2. The second-order valence-electron chi connectivity index (χ2n) is 9.13. The monoisotopic (exact) mass is 480 g/mol. The number of fused-ring (bicyclic) bond motifs is 2. The van der Waals surface area contributed by atoms with Gasteiger partial charge in [0.1, 0.15) is 5.82 Å². The van der Waals surface area contributed by atoms with E-state index in [1.54, 1.807) is 0 Å². The van der Waals surface area contributed by atoms with Gasteiger partial charge in [0.25, 0.3) is 0 Å². The van der Waals surface area contributed by atoms with E-state index in [2.05, 4.69) is 59.8 Å². The molecule has 1 aliphatic rings. The average Bonchev–Trinajstić information content (AvgIpc) is 3.35. The molecule has 178 valence electrons. The minimum absolute atomic E-state index is 0.640. The van der Waals surface area contributed by atoms with Crippen LogP contribution in [0.1, 0.15) is 12.7 Å². The SMILES string of the molecule is CCc1nc2ccc(-c3nc(-c4ccccc4)nc(-c4ccccc4)n3)c3c2n1-c1ccccc1N3C. The van der Waals surface area contributed by atoms with Gasteiger partial charge in [0.2, 0.25) is 0 Å². The van der Waals surface area contributed by atoms with E-state index in [-0.39, 0.29) is 0 Å². The largest absolute Gasteiger partial charge is 0.341 e. The van der Waals surface area contributed by atoms with Crippen LogP contribution in [0.4, 0.5) is 11.4 Å². The average molecular weight is 481 g/mol. The standard InChI is InChI=1S/C31H24N6/c1-3-26-32-23-19-18-22(27-28(23)37(26)25-17-11-10-16-24(25)36(27)2)31-34-29(20-12-6-4-7-13-20)33-30(35-31)21-14-8-5-9-15-21/h4-19H,3H2,1-2H3. The first-order valence-electron chi connectivity index (χ1n) is 12.5. The van der Waals surface area contributed by atoms with E-state index in [4.69, 9.17) is 19.9 Å². The van der Waals surface area contributed by atoms with Crippen LogP contribution in [0.2, 0.25) is 0 Å². The van der Waals surface area contributed by atoms with Crippen molar-refractivity contribution in [2.24, 2.45) is 0 Å². The van der Waals surface area contributed by atoms with Crippen molar-refractivity contribution in [2.45, 2.75) is 13.3 Å². The lowest BCUT2D eigenvalue weighted by Crippen LogP contribution is -2.20. The molecule has 0 N–H and O–H groups in total. The summed E-state index contributed by atoms with van der Waals surface area (Å²) in [4.78, 5) is 22.1. The Morgan fingerprint density at radius 3 is 1.78 bits per heavy atom. The summed E-state index contributed by atoms with van der Waals surface area (Å²) in [6.45, 7) is 2.15. The number of hydrogen-bond acceptors (Lipinski definition) is 5. The van der Waals surface area contributed by atoms with Gasteiger partial charge in [0.15, 0.2) is 17.5 Å². The van der Waals surface area contributed by atoms with Crippen molar-refractivity contribution in [1.29, 1.82) is 0 Å². The van der Waals surface area contributed by atoms with Crippen LogP contribution in [-0.2, 0) is 6.42 Å². The highest BCUT2D eigenvalue weighted by Gasteiger charge is 2.29. The van der Waals surface area contributed by atoms with Crippen LogP contribution in [0.15, 0.2) is 97.1 Å². The van der Waals surface area contributed by atoms with Crippen LogP contribution < -0.4 is 4.90 Å². The fraction of sp³-hybridized carbons (Fsp3) is 0.0968. The summed E-state index contributed by atoms with van der Waals surface area (Å²) in [6.07, 6.45) is 0.837.